The lowest BCUT2D eigenvalue weighted by Gasteiger charge is -2.23. The molecule has 1 heterocycles. The zero-order valence-corrected chi connectivity index (χ0v) is 12.4. The van der Waals surface area contributed by atoms with Crippen LogP contribution in [0.1, 0.15) is 18.9 Å². The number of rotatable bonds is 4. The van der Waals surface area contributed by atoms with E-state index >= 15 is 0 Å². The van der Waals surface area contributed by atoms with Crippen LogP contribution < -0.4 is 4.72 Å². The molecular weight excluding hydrogens is 303 g/mol. The summed E-state index contributed by atoms with van der Waals surface area (Å²) in [6.45, 7) is 3.72. The van der Waals surface area contributed by atoms with Gasteiger partial charge in [-0.05, 0) is 31.9 Å². The number of nitrogens with one attached hydrogen (secondary N) is 1. The molecule has 7 nitrogen and oxygen atoms in total. The van der Waals surface area contributed by atoms with Gasteiger partial charge < -0.3 is 4.74 Å². The van der Waals surface area contributed by atoms with Crippen molar-refractivity contribution >= 4 is 15.7 Å². The summed E-state index contributed by atoms with van der Waals surface area (Å²) in [6, 6.07) is 1.59. The van der Waals surface area contributed by atoms with Crippen molar-refractivity contribution in [2.24, 2.45) is 0 Å². The van der Waals surface area contributed by atoms with Crippen molar-refractivity contribution in [2.75, 3.05) is 13.2 Å². The van der Waals surface area contributed by atoms with Crippen LogP contribution in [0, 0.1) is 22.9 Å². The fourth-order valence-electron chi connectivity index (χ4n) is 2.20. The fraction of sp³-hybridized carbons (Fsp3) is 0.500. The average Bonchev–Trinajstić information content (AvgIpc) is 2.73. The molecule has 1 N–H and O–H groups in total. The Morgan fingerprint density at radius 1 is 1.48 bits per heavy atom. The zero-order valence-electron chi connectivity index (χ0n) is 11.6. The van der Waals surface area contributed by atoms with Gasteiger partial charge in [0.15, 0.2) is 0 Å². The summed E-state index contributed by atoms with van der Waals surface area (Å²) in [5.74, 6) is -1.06. The maximum atomic E-state index is 13.5. The molecule has 1 aliphatic heterocycles. The van der Waals surface area contributed by atoms with E-state index in [-0.39, 0.29) is 17.1 Å². The van der Waals surface area contributed by atoms with Gasteiger partial charge in [-0.3, -0.25) is 10.1 Å². The van der Waals surface area contributed by atoms with Crippen molar-refractivity contribution in [3.8, 4) is 0 Å². The Bertz CT molecular complexity index is 683. The van der Waals surface area contributed by atoms with E-state index in [9.17, 15) is 22.9 Å². The Labute approximate surface area is 121 Å². The van der Waals surface area contributed by atoms with Gasteiger partial charge in [0.05, 0.1) is 22.0 Å². The Morgan fingerprint density at radius 3 is 2.67 bits per heavy atom. The van der Waals surface area contributed by atoms with Crippen molar-refractivity contribution in [2.45, 2.75) is 30.7 Å². The highest BCUT2D eigenvalue weighted by molar-refractivity contribution is 7.89. The standard InChI is InChI=1S/C12H15FN2O5S/c1-8-5-9(13)10(15(16)17)6-11(8)21(18,19)14-12(2)3-4-20-7-12/h5-6,14H,3-4,7H2,1-2H3. The van der Waals surface area contributed by atoms with Crippen LogP contribution in [0.15, 0.2) is 17.0 Å². The Morgan fingerprint density at radius 2 is 2.14 bits per heavy atom. The number of ether oxygens (including phenoxy) is 1. The largest absolute Gasteiger partial charge is 0.379 e. The van der Waals surface area contributed by atoms with Crippen LogP contribution in [0.2, 0.25) is 0 Å². The first-order valence-corrected chi connectivity index (χ1v) is 7.69. The summed E-state index contributed by atoms with van der Waals surface area (Å²) in [5, 5.41) is 10.8. The minimum atomic E-state index is -4.01. The Balaban J connectivity index is 2.44. The quantitative estimate of drug-likeness (QED) is 0.670. The normalized spacial score (nSPS) is 22.4. The second kappa shape index (κ2) is 5.32. The van der Waals surface area contributed by atoms with E-state index < -0.39 is 32.0 Å². The van der Waals surface area contributed by atoms with Gasteiger partial charge in [-0.2, -0.15) is 4.39 Å². The Hall–Kier alpha value is -1.58. The molecule has 0 bridgehead atoms. The van der Waals surface area contributed by atoms with Crippen LogP contribution in [0.4, 0.5) is 10.1 Å². The van der Waals surface area contributed by atoms with Crippen LogP contribution in [0.25, 0.3) is 0 Å². The second-order valence-electron chi connectivity index (χ2n) is 5.29. The predicted molar refractivity (Wildman–Crippen MR) is 72.0 cm³/mol. The van der Waals surface area contributed by atoms with Gasteiger partial charge in [0, 0.05) is 12.7 Å². The molecule has 0 amide bonds. The zero-order chi connectivity index (χ0) is 15.8. The molecule has 9 heteroatoms. The topological polar surface area (TPSA) is 98.5 Å². The van der Waals surface area contributed by atoms with E-state index in [1.807, 2.05) is 0 Å². The monoisotopic (exact) mass is 318 g/mol. The minimum Gasteiger partial charge on any atom is -0.379 e. The molecule has 1 saturated heterocycles. The van der Waals surface area contributed by atoms with Crippen molar-refractivity contribution in [3.63, 3.8) is 0 Å². The summed E-state index contributed by atoms with van der Waals surface area (Å²) < 4.78 is 45.9. The molecule has 1 aliphatic rings. The molecule has 1 aromatic rings. The third-order valence-corrected chi connectivity index (χ3v) is 5.11. The molecule has 2 rings (SSSR count). The summed E-state index contributed by atoms with van der Waals surface area (Å²) >= 11 is 0. The molecule has 0 saturated carbocycles. The van der Waals surface area contributed by atoms with E-state index in [1.54, 1.807) is 6.92 Å². The van der Waals surface area contributed by atoms with Crippen LogP contribution in [-0.4, -0.2) is 32.1 Å². The summed E-state index contributed by atoms with van der Waals surface area (Å²) in [4.78, 5) is 9.50. The van der Waals surface area contributed by atoms with Gasteiger partial charge in [-0.1, -0.05) is 0 Å². The SMILES string of the molecule is Cc1cc(F)c([N+](=O)[O-])cc1S(=O)(=O)NC1(C)CCOC1. The number of nitro groups is 1. The highest BCUT2D eigenvalue weighted by Gasteiger charge is 2.36. The van der Waals surface area contributed by atoms with E-state index in [4.69, 9.17) is 4.74 Å². The van der Waals surface area contributed by atoms with Gasteiger partial charge in [0.2, 0.25) is 15.8 Å². The van der Waals surface area contributed by atoms with Gasteiger partial charge in [-0.25, -0.2) is 13.1 Å². The first kappa shape index (κ1) is 15.8. The maximum Gasteiger partial charge on any atom is 0.306 e. The first-order chi connectivity index (χ1) is 9.65. The first-order valence-electron chi connectivity index (χ1n) is 6.21. The number of nitrogens with zero attached hydrogens (tertiary/aromatic N) is 1. The van der Waals surface area contributed by atoms with Crippen molar-refractivity contribution in [3.05, 3.63) is 33.6 Å². The predicted octanol–water partition coefficient (Wildman–Crippen LogP) is 1.50. The second-order valence-corrected chi connectivity index (χ2v) is 6.95. The molecule has 0 spiro atoms. The van der Waals surface area contributed by atoms with E-state index in [0.717, 1.165) is 12.1 Å². The minimum absolute atomic E-state index is 0.105. The fourth-order valence-corrected chi connectivity index (χ4v) is 3.87. The van der Waals surface area contributed by atoms with Gasteiger partial charge >= 0.3 is 5.69 Å². The molecule has 1 unspecified atom stereocenters. The number of nitro benzene ring substituents is 1. The van der Waals surface area contributed by atoms with Gasteiger partial charge in [0.25, 0.3) is 0 Å². The molecule has 21 heavy (non-hydrogen) atoms. The third-order valence-electron chi connectivity index (χ3n) is 3.33. The average molecular weight is 318 g/mol. The van der Waals surface area contributed by atoms with Crippen molar-refractivity contribution < 1.29 is 22.5 Å². The maximum absolute atomic E-state index is 13.5. The molecule has 1 fully saturated rings. The van der Waals surface area contributed by atoms with Gasteiger partial charge in [0.1, 0.15) is 0 Å². The summed E-state index contributed by atoms with van der Waals surface area (Å²) in [5.41, 5.74) is -1.53. The number of sulfonamides is 1. The number of hydrogen-bond acceptors (Lipinski definition) is 5. The lowest BCUT2D eigenvalue weighted by Crippen LogP contribution is -2.46. The third kappa shape index (κ3) is 3.20. The molecular formula is C12H15FN2O5S. The van der Waals surface area contributed by atoms with Crippen molar-refractivity contribution in [1.29, 1.82) is 0 Å². The Kier molecular flexibility index (Phi) is 4.00. The van der Waals surface area contributed by atoms with Crippen LogP contribution in [0.5, 0.6) is 0 Å². The van der Waals surface area contributed by atoms with Gasteiger partial charge in [-0.15, -0.1) is 0 Å². The van der Waals surface area contributed by atoms with Crippen LogP contribution in [0.3, 0.4) is 0 Å². The molecule has 0 radical (unpaired) electrons. The lowest BCUT2D eigenvalue weighted by atomic mass is 10.0. The molecule has 116 valence electrons. The van der Waals surface area contributed by atoms with Crippen LogP contribution >= 0.6 is 0 Å². The number of halogens is 1. The molecule has 0 aliphatic carbocycles. The van der Waals surface area contributed by atoms with Crippen LogP contribution in [-0.2, 0) is 14.8 Å². The smallest absolute Gasteiger partial charge is 0.306 e. The number of aryl methyl sites for hydroxylation is 1. The van der Waals surface area contributed by atoms with E-state index in [0.29, 0.717) is 13.0 Å². The summed E-state index contributed by atoms with van der Waals surface area (Å²) in [6.07, 6.45) is 0.495. The lowest BCUT2D eigenvalue weighted by molar-refractivity contribution is -0.387. The molecule has 1 atom stereocenters. The van der Waals surface area contributed by atoms with E-state index in [2.05, 4.69) is 4.72 Å². The highest BCUT2D eigenvalue weighted by Crippen LogP contribution is 2.27. The van der Waals surface area contributed by atoms with E-state index in [1.165, 1.54) is 6.92 Å². The summed E-state index contributed by atoms with van der Waals surface area (Å²) in [7, 11) is -4.01. The molecule has 0 aromatic heterocycles. The number of benzene rings is 1. The number of hydrogen-bond donors (Lipinski definition) is 1. The highest BCUT2D eigenvalue weighted by atomic mass is 32.2. The molecule has 1 aromatic carbocycles. The van der Waals surface area contributed by atoms with Crippen molar-refractivity contribution in [1.82, 2.24) is 4.72 Å².